The van der Waals surface area contributed by atoms with Crippen molar-refractivity contribution in [3.8, 4) is 0 Å². The first-order chi connectivity index (χ1) is 12.2. The fourth-order valence-electron chi connectivity index (χ4n) is 2.49. The number of ether oxygens (including phenoxy) is 1. The maximum atomic E-state index is 11.5. The average Bonchev–Trinajstić information content (AvgIpc) is 2.58. The summed E-state index contributed by atoms with van der Waals surface area (Å²) in [7, 11) is 3.96. The van der Waals surface area contributed by atoms with Gasteiger partial charge in [0.15, 0.2) is 0 Å². The number of carbonyl (C=O) groups is 1. The van der Waals surface area contributed by atoms with Crippen molar-refractivity contribution in [3.05, 3.63) is 24.3 Å². The molecule has 25 heavy (non-hydrogen) atoms. The zero-order chi connectivity index (χ0) is 18.6. The molecule has 0 saturated carbocycles. The second kappa shape index (κ2) is 19.2. The van der Waals surface area contributed by atoms with Crippen LogP contribution < -0.4 is 0 Å². The number of likely N-dealkylation sites (N-methyl/N-ethyl adjacent to an activating group) is 1. The molecular formula is C22H41NO2. The maximum absolute atomic E-state index is 11.5. The topological polar surface area (TPSA) is 29.5 Å². The number of hydrogen-bond donors (Lipinski definition) is 0. The maximum Gasteiger partial charge on any atom is 0.305 e. The Kier molecular flexibility index (Phi) is 18.4. The Hall–Kier alpha value is -1.09. The Balaban J connectivity index is 3.27. The molecular weight excluding hydrogens is 310 g/mol. The molecule has 0 atom stereocenters. The zero-order valence-corrected chi connectivity index (χ0v) is 17.0. The van der Waals surface area contributed by atoms with Crippen LogP contribution in [-0.2, 0) is 9.53 Å². The van der Waals surface area contributed by atoms with Crippen LogP contribution in [0.3, 0.4) is 0 Å². The molecule has 0 rings (SSSR count). The van der Waals surface area contributed by atoms with E-state index in [4.69, 9.17) is 4.74 Å². The molecule has 0 saturated heterocycles. The summed E-state index contributed by atoms with van der Waals surface area (Å²) in [5.74, 6) is -0.0486. The molecule has 0 aromatic heterocycles. The largest absolute Gasteiger partial charge is 0.464 e. The first-order valence-electron chi connectivity index (χ1n) is 10.3. The highest BCUT2D eigenvalue weighted by Gasteiger charge is 2.02. The van der Waals surface area contributed by atoms with Gasteiger partial charge in [0, 0.05) is 13.0 Å². The minimum Gasteiger partial charge on any atom is -0.464 e. The van der Waals surface area contributed by atoms with Gasteiger partial charge >= 0.3 is 5.97 Å². The first-order valence-corrected chi connectivity index (χ1v) is 10.3. The van der Waals surface area contributed by atoms with Crippen LogP contribution in [0.15, 0.2) is 24.3 Å². The highest BCUT2D eigenvalue weighted by molar-refractivity contribution is 5.69. The van der Waals surface area contributed by atoms with Crippen LogP contribution in [0.2, 0.25) is 0 Å². The third kappa shape index (κ3) is 20.9. The zero-order valence-electron chi connectivity index (χ0n) is 17.0. The summed E-state index contributed by atoms with van der Waals surface area (Å²) in [6, 6.07) is 0. The van der Waals surface area contributed by atoms with Gasteiger partial charge in [-0.15, -0.1) is 0 Å². The minimum absolute atomic E-state index is 0.0486. The van der Waals surface area contributed by atoms with Crippen LogP contribution in [0, 0.1) is 0 Å². The van der Waals surface area contributed by atoms with E-state index < -0.39 is 0 Å². The Labute approximate surface area is 156 Å². The summed E-state index contributed by atoms with van der Waals surface area (Å²) in [6.07, 6.45) is 23.0. The first kappa shape index (κ1) is 23.9. The van der Waals surface area contributed by atoms with Gasteiger partial charge in [-0.25, -0.2) is 0 Å². The number of nitrogens with zero attached hydrogens (tertiary/aromatic N) is 1. The van der Waals surface area contributed by atoms with Crippen molar-refractivity contribution in [1.29, 1.82) is 0 Å². The smallest absolute Gasteiger partial charge is 0.305 e. The number of rotatable bonds is 17. The monoisotopic (exact) mass is 351 g/mol. The van der Waals surface area contributed by atoms with E-state index in [-0.39, 0.29) is 5.97 Å². The Bertz CT molecular complexity index is 348. The van der Waals surface area contributed by atoms with Crippen molar-refractivity contribution >= 4 is 5.97 Å². The van der Waals surface area contributed by atoms with Gasteiger partial charge in [-0.1, -0.05) is 63.3 Å². The van der Waals surface area contributed by atoms with E-state index in [1.807, 2.05) is 19.0 Å². The normalized spacial score (nSPS) is 11.8. The molecule has 0 spiro atoms. The van der Waals surface area contributed by atoms with E-state index in [9.17, 15) is 4.79 Å². The Morgan fingerprint density at radius 2 is 1.44 bits per heavy atom. The van der Waals surface area contributed by atoms with Gasteiger partial charge in [-0.2, -0.15) is 0 Å². The van der Waals surface area contributed by atoms with Crippen LogP contribution in [0.5, 0.6) is 0 Å². The van der Waals surface area contributed by atoms with Gasteiger partial charge in [-0.05, 0) is 52.6 Å². The summed E-state index contributed by atoms with van der Waals surface area (Å²) in [5.41, 5.74) is 0. The molecule has 0 aliphatic rings. The van der Waals surface area contributed by atoms with Gasteiger partial charge in [0.05, 0.1) is 0 Å². The molecule has 0 bridgehead atoms. The molecule has 0 unspecified atom stereocenters. The SMILES string of the molecule is CCCCC/C=C\C/C=C\CCCCCCCC(=O)OCCN(C)C. The third-order valence-electron chi connectivity index (χ3n) is 4.13. The number of carbonyl (C=O) groups excluding carboxylic acids is 1. The van der Waals surface area contributed by atoms with Crippen molar-refractivity contribution in [3.63, 3.8) is 0 Å². The standard InChI is InChI=1S/C22H41NO2/c1-4-5-6-7-8-9-10-11-12-13-14-15-16-17-18-19-22(24)25-21-20-23(2)3/h8-9,11-12H,4-7,10,13-21H2,1-3H3/b9-8-,12-11-. The van der Waals surface area contributed by atoms with E-state index in [1.165, 1.54) is 51.4 Å². The number of hydrogen-bond acceptors (Lipinski definition) is 3. The molecule has 3 heteroatoms. The minimum atomic E-state index is -0.0486. The van der Waals surface area contributed by atoms with Crippen LogP contribution >= 0.6 is 0 Å². The lowest BCUT2D eigenvalue weighted by Crippen LogP contribution is -2.20. The number of unbranched alkanes of at least 4 members (excludes halogenated alkanes) is 8. The quantitative estimate of drug-likeness (QED) is 0.185. The van der Waals surface area contributed by atoms with Crippen molar-refractivity contribution in [2.24, 2.45) is 0 Å². The van der Waals surface area contributed by atoms with Crippen molar-refractivity contribution in [2.75, 3.05) is 27.2 Å². The highest BCUT2D eigenvalue weighted by atomic mass is 16.5. The molecule has 0 aliphatic carbocycles. The lowest BCUT2D eigenvalue weighted by molar-refractivity contribution is -0.144. The third-order valence-corrected chi connectivity index (χ3v) is 4.13. The fourth-order valence-corrected chi connectivity index (χ4v) is 2.49. The van der Waals surface area contributed by atoms with Crippen molar-refractivity contribution in [1.82, 2.24) is 4.90 Å². The van der Waals surface area contributed by atoms with Crippen molar-refractivity contribution < 1.29 is 9.53 Å². The molecule has 0 radical (unpaired) electrons. The van der Waals surface area contributed by atoms with Crippen molar-refractivity contribution in [2.45, 2.75) is 84.0 Å². The lowest BCUT2D eigenvalue weighted by atomic mass is 10.1. The fraction of sp³-hybridized carbons (Fsp3) is 0.773. The summed E-state index contributed by atoms with van der Waals surface area (Å²) in [6.45, 7) is 3.55. The predicted molar refractivity (Wildman–Crippen MR) is 109 cm³/mol. The summed E-state index contributed by atoms with van der Waals surface area (Å²) < 4.78 is 5.18. The second-order valence-electron chi connectivity index (χ2n) is 7.00. The molecule has 0 aromatic carbocycles. The van der Waals surface area contributed by atoms with Gasteiger partial charge < -0.3 is 9.64 Å². The lowest BCUT2D eigenvalue weighted by Gasteiger charge is -2.09. The number of allylic oxidation sites excluding steroid dienone is 4. The average molecular weight is 352 g/mol. The van der Waals surface area contributed by atoms with Crippen LogP contribution in [0.25, 0.3) is 0 Å². The molecule has 146 valence electrons. The van der Waals surface area contributed by atoms with Gasteiger partial charge in [0.25, 0.3) is 0 Å². The summed E-state index contributed by atoms with van der Waals surface area (Å²) in [5, 5.41) is 0. The summed E-state index contributed by atoms with van der Waals surface area (Å²) in [4.78, 5) is 13.5. The molecule has 0 aromatic rings. The van der Waals surface area contributed by atoms with Gasteiger partial charge in [-0.3, -0.25) is 4.79 Å². The Morgan fingerprint density at radius 1 is 0.840 bits per heavy atom. The molecule has 0 heterocycles. The van der Waals surface area contributed by atoms with Crippen LogP contribution in [0.1, 0.15) is 84.0 Å². The molecule has 0 amide bonds. The highest BCUT2D eigenvalue weighted by Crippen LogP contribution is 2.08. The van der Waals surface area contributed by atoms with Crippen LogP contribution in [0.4, 0.5) is 0 Å². The summed E-state index contributed by atoms with van der Waals surface area (Å²) >= 11 is 0. The van der Waals surface area contributed by atoms with E-state index in [1.54, 1.807) is 0 Å². The van der Waals surface area contributed by atoms with E-state index in [2.05, 4.69) is 31.2 Å². The number of esters is 1. The second-order valence-corrected chi connectivity index (χ2v) is 7.00. The molecule has 0 aliphatic heterocycles. The Morgan fingerprint density at radius 3 is 2.08 bits per heavy atom. The molecule has 0 fully saturated rings. The van der Waals surface area contributed by atoms with E-state index in [0.29, 0.717) is 13.0 Å². The van der Waals surface area contributed by atoms with Gasteiger partial charge in [0.2, 0.25) is 0 Å². The molecule has 0 N–H and O–H groups in total. The molecule has 3 nitrogen and oxygen atoms in total. The van der Waals surface area contributed by atoms with E-state index >= 15 is 0 Å². The van der Waals surface area contributed by atoms with E-state index in [0.717, 1.165) is 25.8 Å². The van der Waals surface area contributed by atoms with Gasteiger partial charge in [0.1, 0.15) is 6.61 Å². The predicted octanol–water partition coefficient (Wildman–Crippen LogP) is 5.90. The van der Waals surface area contributed by atoms with Crippen LogP contribution in [-0.4, -0.2) is 38.1 Å².